The molecular weight excluding hydrogens is 326 g/mol. The van der Waals surface area contributed by atoms with Crippen LogP contribution in [0.25, 0.3) is 0 Å². The number of methoxy groups -OCH3 is 1. The molecule has 24 heavy (non-hydrogen) atoms. The summed E-state index contributed by atoms with van der Waals surface area (Å²) >= 11 is 5.95. The van der Waals surface area contributed by atoms with Crippen LogP contribution in [0, 0.1) is 0 Å². The van der Waals surface area contributed by atoms with E-state index in [0.29, 0.717) is 22.8 Å². The zero-order valence-corrected chi connectivity index (χ0v) is 14.9. The molecular formula is C19H22ClNO3. The van der Waals surface area contributed by atoms with E-state index in [1.54, 1.807) is 43.5 Å². The maximum atomic E-state index is 12.4. The molecule has 2 rings (SSSR count). The van der Waals surface area contributed by atoms with E-state index < -0.39 is 0 Å². The molecule has 0 spiro atoms. The molecule has 0 amide bonds. The van der Waals surface area contributed by atoms with Crippen LogP contribution in [0.2, 0.25) is 5.02 Å². The van der Waals surface area contributed by atoms with E-state index in [-0.39, 0.29) is 12.1 Å². The Morgan fingerprint density at radius 1 is 1.08 bits per heavy atom. The number of rotatable bonds is 7. The van der Waals surface area contributed by atoms with Crippen molar-refractivity contribution in [2.24, 2.45) is 0 Å². The minimum absolute atomic E-state index is 0.320. The Morgan fingerprint density at radius 2 is 1.71 bits per heavy atom. The van der Waals surface area contributed by atoms with E-state index in [2.05, 4.69) is 4.90 Å². The van der Waals surface area contributed by atoms with Gasteiger partial charge in [-0.05, 0) is 56.1 Å². The van der Waals surface area contributed by atoms with Crippen LogP contribution >= 0.6 is 11.6 Å². The molecule has 0 aliphatic heterocycles. The van der Waals surface area contributed by atoms with Gasteiger partial charge in [0.15, 0.2) is 0 Å². The number of benzene rings is 2. The van der Waals surface area contributed by atoms with Gasteiger partial charge in [0.05, 0.1) is 12.7 Å². The third kappa shape index (κ3) is 5.25. The van der Waals surface area contributed by atoms with Crippen molar-refractivity contribution < 1.29 is 14.3 Å². The van der Waals surface area contributed by atoms with Crippen LogP contribution in [0.15, 0.2) is 48.5 Å². The average Bonchev–Trinajstić information content (AvgIpc) is 2.59. The Balaban J connectivity index is 2.13. The lowest BCUT2D eigenvalue weighted by Crippen LogP contribution is -2.19. The summed E-state index contributed by atoms with van der Waals surface area (Å²) in [5, 5.41) is 0.659. The summed E-state index contributed by atoms with van der Waals surface area (Å²) < 4.78 is 10.8. The van der Waals surface area contributed by atoms with Crippen LogP contribution < -0.4 is 4.74 Å². The predicted molar refractivity (Wildman–Crippen MR) is 95.8 cm³/mol. The highest BCUT2D eigenvalue weighted by Gasteiger charge is 2.18. The van der Waals surface area contributed by atoms with Crippen molar-refractivity contribution in [1.82, 2.24) is 4.90 Å². The number of ether oxygens (including phenoxy) is 2. The highest BCUT2D eigenvalue weighted by molar-refractivity contribution is 6.30. The quantitative estimate of drug-likeness (QED) is 0.704. The van der Waals surface area contributed by atoms with Crippen molar-refractivity contribution in [2.75, 3.05) is 27.7 Å². The van der Waals surface area contributed by atoms with E-state index in [1.165, 1.54) is 0 Å². The second-order valence-electron chi connectivity index (χ2n) is 5.77. The minimum Gasteiger partial charge on any atom is -0.497 e. The van der Waals surface area contributed by atoms with Crippen LogP contribution in [0.5, 0.6) is 5.75 Å². The molecule has 4 nitrogen and oxygen atoms in total. The molecule has 0 fully saturated rings. The Kier molecular flexibility index (Phi) is 6.64. The molecule has 0 aliphatic rings. The number of nitrogens with zero attached hydrogens (tertiary/aromatic N) is 1. The SMILES string of the molecule is COc1ccc(C(=O)OC(CCN(C)C)c2ccc(Cl)cc2)cc1. The molecule has 0 heterocycles. The van der Waals surface area contributed by atoms with Gasteiger partial charge in [0.25, 0.3) is 0 Å². The number of hydrogen-bond donors (Lipinski definition) is 0. The van der Waals surface area contributed by atoms with Gasteiger partial charge >= 0.3 is 5.97 Å². The molecule has 1 unspecified atom stereocenters. The van der Waals surface area contributed by atoms with E-state index in [1.807, 2.05) is 26.2 Å². The van der Waals surface area contributed by atoms with Gasteiger partial charge in [-0.25, -0.2) is 4.79 Å². The van der Waals surface area contributed by atoms with Gasteiger partial charge < -0.3 is 14.4 Å². The molecule has 0 N–H and O–H groups in total. The molecule has 128 valence electrons. The zero-order valence-electron chi connectivity index (χ0n) is 14.2. The third-order valence-electron chi connectivity index (χ3n) is 3.66. The van der Waals surface area contributed by atoms with Gasteiger partial charge in [-0.2, -0.15) is 0 Å². The largest absolute Gasteiger partial charge is 0.497 e. The van der Waals surface area contributed by atoms with E-state index >= 15 is 0 Å². The van der Waals surface area contributed by atoms with E-state index in [4.69, 9.17) is 21.1 Å². The molecule has 0 radical (unpaired) electrons. The lowest BCUT2D eigenvalue weighted by atomic mass is 10.1. The summed E-state index contributed by atoms with van der Waals surface area (Å²) in [5.74, 6) is 0.352. The molecule has 0 bridgehead atoms. The number of carbonyl (C=O) groups is 1. The maximum absolute atomic E-state index is 12.4. The van der Waals surface area contributed by atoms with Crippen LogP contribution in [0.1, 0.15) is 28.4 Å². The maximum Gasteiger partial charge on any atom is 0.338 e. The van der Waals surface area contributed by atoms with Crippen LogP contribution in [0.4, 0.5) is 0 Å². The standard InChI is InChI=1S/C19H22ClNO3/c1-21(2)13-12-18(14-4-8-16(20)9-5-14)24-19(22)15-6-10-17(23-3)11-7-15/h4-11,18H,12-13H2,1-3H3. The molecule has 1 atom stereocenters. The zero-order chi connectivity index (χ0) is 17.5. The summed E-state index contributed by atoms with van der Waals surface area (Å²) in [6.45, 7) is 0.809. The first-order valence-electron chi connectivity index (χ1n) is 7.75. The molecule has 2 aromatic rings. The first-order chi connectivity index (χ1) is 11.5. The van der Waals surface area contributed by atoms with Gasteiger partial charge in [-0.1, -0.05) is 23.7 Å². The third-order valence-corrected chi connectivity index (χ3v) is 3.91. The van der Waals surface area contributed by atoms with Gasteiger partial charge in [0.2, 0.25) is 0 Å². The fourth-order valence-corrected chi connectivity index (χ4v) is 2.40. The summed E-state index contributed by atoms with van der Waals surface area (Å²) in [5.41, 5.74) is 1.43. The van der Waals surface area contributed by atoms with Crippen molar-refractivity contribution in [3.8, 4) is 5.75 Å². The summed E-state index contributed by atoms with van der Waals surface area (Å²) in [6.07, 6.45) is 0.385. The highest BCUT2D eigenvalue weighted by atomic mass is 35.5. The summed E-state index contributed by atoms with van der Waals surface area (Å²) in [6, 6.07) is 14.3. The van der Waals surface area contributed by atoms with Crippen molar-refractivity contribution in [3.05, 3.63) is 64.7 Å². The molecule has 5 heteroatoms. The van der Waals surface area contributed by atoms with Crippen molar-refractivity contribution in [3.63, 3.8) is 0 Å². The molecule has 2 aromatic carbocycles. The lowest BCUT2D eigenvalue weighted by Gasteiger charge is -2.20. The van der Waals surface area contributed by atoms with Crippen LogP contribution in [-0.4, -0.2) is 38.6 Å². The second kappa shape index (κ2) is 8.71. The molecule has 0 saturated carbocycles. The fourth-order valence-electron chi connectivity index (χ4n) is 2.27. The number of hydrogen-bond acceptors (Lipinski definition) is 4. The van der Waals surface area contributed by atoms with E-state index in [0.717, 1.165) is 12.1 Å². The summed E-state index contributed by atoms with van der Waals surface area (Å²) in [7, 11) is 5.57. The van der Waals surface area contributed by atoms with Gasteiger partial charge in [0, 0.05) is 18.0 Å². The van der Waals surface area contributed by atoms with Gasteiger partial charge in [0.1, 0.15) is 11.9 Å². The number of carbonyl (C=O) groups excluding carboxylic acids is 1. The van der Waals surface area contributed by atoms with Crippen LogP contribution in [0.3, 0.4) is 0 Å². The fraction of sp³-hybridized carbons (Fsp3) is 0.316. The first-order valence-corrected chi connectivity index (χ1v) is 8.12. The van der Waals surface area contributed by atoms with Gasteiger partial charge in [-0.3, -0.25) is 0 Å². The van der Waals surface area contributed by atoms with Gasteiger partial charge in [-0.15, -0.1) is 0 Å². The van der Waals surface area contributed by atoms with Crippen molar-refractivity contribution in [1.29, 1.82) is 0 Å². The minimum atomic E-state index is -0.351. The number of halogens is 1. The molecule has 0 aliphatic carbocycles. The Hall–Kier alpha value is -2.04. The normalized spacial score (nSPS) is 12.0. The Morgan fingerprint density at radius 3 is 2.25 bits per heavy atom. The second-order valence-corrected chi connectivity index (χ2v) is 6.20. The monoisotopic (exact) mass is 347 g/mol. The Bertz CT molecular complexity index is 653. The van der Waals surface area contributed by atoms with E-state index in [9.17, 15) is 4.79 Å². The summed E-state index contributed by atoms with van der Waals surface area (Å²) in [4.78, 5) is 14.5. The Labute approximate surface area is 147 Å². The predicted octanol–water partition coefficient (Wildman–Crippen LogP) is 4.20. The van der Waals surface area contributed by atoms with Crippen molar-refractivity contribution >= 4 is 17.6 Å². The number of esters is 1. The molecule has 0 saturated heterocycles. The smallest absolute Gasteiger partial charge is 0.338 e. The lowest BCUT2D eigenvalue weighted by molar-refractivity contribution is 0.0261. The highest BCUT2D eigenvalue weighted by Crippen LogP contribution is 2.25. The topological polar surface area (TPSA) is 38.8 Å². The molecule has 0 aromatic heterocycles. The average molecular weight is 348 g/mol. The van der Waals surface area contributed by atoms with Crippen molar-refractivity contribution in [2.45, 2.75) is 12.5 Å². The van der Waals surface area contributed by atoms with Crippen LogP contribution in [-0.2, 0) is 4.74 Å². The first kappa shape index (κ1) is 18.3.